The number of hydrogen-bond donors (Lipinski definition) is 1. The van der Waals surface area contributed by atoms with Gasteiger partial charge in [0.15, 0.2) is 0 Å². The summed E-state index contributed by atoms with van der Waals surface area (Å²) in [4.78, 5) is 20.9. The molecule has 1 atom stereocenters. The van der Waals surface area contributed by atoms with Crippen molar-refractivity contribution >= 4 is 5.91 Å². The van der Waals surface area contributed by atoms with E-state index in [1.54, 1.807) is 0 Å². The van der Waals surface area contributed by atoms with Crippen LogP contribution in [0.4, 0.5) is 0 Å². The Labute approximate surface area is 151 Å². The third-order valence-electron chi connectivity index (χ3n) is 4.90. The van der Waals surface area contributed by atoms with Gasteiger partial charge < -0.3 is 19.5 Å². The number of aryl methyl sites for hydroxylation is 1. The zero-order valence-corrected chi connectivity index (χ0v) is 16.2. The van der Waals surface area contributed by atoms with Crippen LogP contribution in [-0.2, 0) is 11.3 Å². The molecule has 0 radical (unpaired) electrons. The zero-order valence-electron chi connectivity index (χ0n) is 16.2. The van der Waals surface area contributed by atoms with Crippen molar-refractivity contribution in [3.8, 4) is 0 Å². The predicted molar refractivity (Wildman–Crippen MR) is 99.4 cm³/mol. The molecule has 6 nitrogen and oxygen atoms in total. The Hall–Kier alpha value is -1.40. The zero-order chi connectivity index (χ0) is 18.4. The van der Waals surface area contributed by atoms with Crippen molar-refractivity contribution in [2.75, 3.05) is 33.7 Å². The molecule has 0 saturated carbocycles. The Balaban J connectivity index is 1.86. The van der Waals surface area contributed by atoms with E-state index in [0.717, 1.165) is 38.2 Å². The summed E-state index contributed by atoms with van der Waals surface area (Å²) in [6, 6.07) is 0. The Morgan fingerprint density at radius 3 is 2.64 bits per heavy atom. The first-order chi connectivity index (χ1) is 11.9. The van der Waals surface area contributed by atoms with Crippen LogP contribution in [0.15, 0.2) is 12.4 Å². The maximum atomic E-state index is 12.3. The standard InChI is InChI=1S/C19H34N4O2/c1-15(2)14-17(24)19(25)23-11-6-16(7-12-23)18-20-8-13-22(18)10-5-9-21(3)4/h8,13,15-17,24H,5-7,9-12,14H2,1-4H3/t17-/m1/s1. The molecule has 2 heterocycles. The molecule has 1 aliphatic heterocycles. The fourth-order valence-electron chi connectivity index (χ4n) is 3.54. The fourth-order valence-corrected chi connectivity index (χ4v) is 3.54. The monoisotopic (exact) mass is 350 g/mol. The van der Waals surface area contributed by atoms with Gasteiger partial charge in [0.05, 0.1) is 0 Å². The molecule has 0 aliphatic carbocycles. The number of nitrogens with zero attached hydrogens (tertiary/aromatic N) is 4. The lowest BCUT2D eigenvalue weighted by molar-refractivity contribution is -0.142. The lowest BCUT2D eigenvalue weighted by atomic mass is 9.95. The number of amides is 1. The van der Waals surface area contributed by atoms with E-state index in [2.05, 4.69) is 34.7 Å². The smallest absolute Gasteiger partial charge is 0.251 e. The Kier molecular flexibility index (Phi) is 7.44. The number of piperidine rings is 1. The molecular formula is C19H34N4O2. The van der Waals surface area contributed by atoms with E-state index in [4.69, 9.17) is 0 Å². The Morgan fingerprint density at radius 1 is 1.36 bits per heavy atom. The molecule has 0 unspecified atom stereocenters. The first-order valence-electron chi connectivity index (χ1n) is 9.51. The topological polar surface area (TPSA) is 61.6 Å². The van der Waals surface area contributed by atoms with Gasteiger partial charge in [-0.3, -0.25) is 4.79 Å². The summed E-state index contributed by atoms with van der Waals surface area (Å²) in [5, 5.41) is 10.1. The molecule has 1 N–H and O–H groups in total. The molecule has 1 saturated heterocycles. The number of carbonyl (C=O) groups is 1. The minimum atomic E-state index is -0.857. The largest absolute Gasteiger partial charge is 0.383 e. The number of imidazole rings is 1. The van der Waals surface area contributed by atoms with Gasteiger partial charge in [-0.1, -0.05) is 13.8 Å². The van der Waals surface area contributed by atoms with Gasteiger partial charge >= 0.3 is 0 Å². The highest BCUT2D eigenvalue weighted by atomic mass is 16.3. The van der Waals surface area contributed by atoms with Gasteiger partial charge in [-0.15, -0.1) is 0 Å². The van der Waals surface area contributed by atoms with Gasteiger partial charge in [0.2, 0.25) is 0 Å². The second-order valence-electron chi connectivity index (χ2n) is 7.88. The normalized spacial score (nSPS) is 17.5. The van der Waals surface area contributed by atoms with E-state index in [1.165, 1.54) is 0 Å². The average molecular weight is 351 g/mol. The average Bonchev–Trinajstić information content (AvgIpc) is 3.02. The molecule has 1 amide bonds. The van der Waals surface area contributed by atoms with Crippen LogP contribution in [0.25, 0.3) is 0 Å². The summed E-state index contributed by atoms with van der Waals surface area (Å²) in [7, 11) is 4.19. The van der Waals surface area contributed by atoms with E-state index in [-0.39, 0.29) is 5.91 Å². The molecule has 2 rings (SSSR count). The van der Waals surface area contributed by atoms with E-state index in [0.29, 0.717) is 31.3 Å². The second kappa shape index (κ2) is 9.34. The molecule has 1 aromatic heterocycles. The summed E-state index contributed by atoms with van der Waals surface area (Å²) < 4.78 is 2.26. The van der Waals surface area contributed by atoms with E-state index in [9.17, 15) is 9.90 Å². The number of rotatable bonds is 8. The minimum Gasteiger partial charge on any atom is -0.383 e. The molecule has 1 aromatic rings. The van der Waals surface area contributed by atoms with Crippen molar-refractivity contribution in [1.82, 2.24) is 19.4 Å². The molecule has 0 bridgehead atoms. The van der Waals surface area contributed by atoms with Gasteiger partial charge in [0, 0.05) is 37.9 Å². The number of likely N-dealkylation sites (tertiary alicyclic amines) is 1. The third-order valence-corrected chi connectivity index (χ3v) is 4.90. The van der Waals surface area contributed by atoms with Crippen LogP contribution in [0.3, 0.4) is 0 Å². The van der Waals surface area contributed by atoms with Crippen molar-refractivity contribution in [2.24, 2.45) is 5.92 Å². The van der Waals surface area contributed by atoms with Crippen LogP contribution in [0.5, 0.6) is 0 Å². The number of aromatic nitrogens is 2. The summed E-state index contributed by atoms with van der Waals surface area (Å²) in [5.41, 5.74) is 0. The maximum Gasteiger partial charge on any atom is 0.251 e. The van der Waals surface area contributed by atoms with E-state index < -0.39 is 6.10 Å². The quantitative estimate of drug-likeness (QED) is 0.778. The first kappa shape index (κ1) is 19.9. The van der Waals surface area contributed by atoms with Crippen LogP contribution in [0, 0.1) is 5.92 Å². The Bertz CT molecular complexity index is 533. The highest BCUT2D eigenvalue weighted by Gasteiger charge is 2.29. The lowest BCUT2D eigenvalue weighted by Crippen LogP contribution is -2.44. The van der Waals surface area contributed by atoms with Gasteiger partial charge in [-0.25, -0.2) is 4.98 Å². The van der Waals surface area contributed by atoms with Crippen LogP contribution in [0.1, 0.15) is 51.3 Å². The molecule has 1 aliphatic rings. The molecular weight excluding hydrogens is 316 g/mol. The molecule has 142 valence electrons. The first-order valence-corrected chi connectivity index (χ1v) is 9.51. The van der Waals surface area contributed by atoms with Crippen molar-refractivity contribution in [2.45, 2.75) is 58.1 Å². The molecule has 25 heavy (non-hydrogen) atoms. The van der Waals surface area contributed by atoms with Gasteiger partial charge in [0.1, 0.15) is 11.9 Å². The lowest BCUT2D eigenvalue weighted by Gasteiger charge is -2.33. The summed E-state index contributed by atoms with van der Waals surface area (Å²) >= 11 is 0. The number of aliphatic hydroxyl groups is 1. The minimum absolute atomic E-state index is 0.110. The SMILES string of the molecule is CC(C)C[C@@H](O)C(=O)N1CCC(c2nccn2CCCN(C)C)CC1. The summed E-state index contributed by atoms with van der Waals surface area (Å²) in [5.74, 6) is 1.77. The van der Waals surface area contributed by atoms with Crippen molar-refractivity contribution < 1.29 is 9.90 Å². The third kappa shape index (κ3) is 5.82. The summed E-state index contributed by atoms with van der Waals surface area (Å²) in [6.45, 7) is 7.53. The van der Waals surface area contributed by atoms with Gasteiger partial charge in [-0.2, -0.15) is 0 Å². The van der Waals surface area contributed by atoms with Crippen molar-refractivity contribution in [3.63, 3.8) is 0 Å². The predicted octanol–water partition coefficient (Wildman–Crippen LogP) is 1.95. The fraction of sp³-hybridized carbons (Fsp3) is 0.789. The van der Waals surface area contributed by atoms with E-state index >= 15 is 0 Å². The van der Waals surface area contributed by atoms with Crippen molar-refractivity contribution in [1.29, 1.82) is 0 Å². The number of carbonyl (C=O) groups excluding carboxylic acids is 1. The van der Waals surface area contributed by atoms with Crippen LogP contribution in [0.2, 0.25) is 0 Å². The number of hydrogen-bond acceptors (Lipinski definition) is 4. The van der Waals surface area contributed by atoms with Crippen LogP contribution in [-0.4, -0.2) is 70.2 Å². The van der Waals surface area contributed by atoms with Gasteiger partial charge in [0.25, 0.3) is 5.91 Å². The highest BCUT2D eigenvalue weighted by Crippen LogP contribution is 2.27. The molecule has 0 aromatic carbocycles. The summed E-state index contributed by atoms with van der Waals surface area (Å²) in [6.07, 6.45) is 6.58. The highest BCUT2D eigenvalue weighted by molar-refractivity contribution is 5.80. The molecule has 0 spiro atoms. The van der Waals surface area contributed by atoms with E-state index in [1.807, 2.05) is 24.9 Å². The maximum absolute atomic E-state index is 12.3. The van der Waals surface area contributed by atoms with Crippen LogP contribution < -0.4 is 0 Å². The Morgan fingerprint density at radius 2 is 2.04 bits per heavy atom. The molecule has 1 fully saturated rings. The number of aliphatic hydroxyl groups excluding tert-OH is 1. The molecule has 6 heteroatoms. The van der Waals surface area contributed by atoms with Gasteiger partial charge in [-0.05, 0) is 52.2 Å². The second-order valence-corrected chi connectivity index (χ2v) is 7.88. The van der Waals surface area contributed by atoms with Crippen LogP contribution >= 0.6 is 0 Å². The van der Waals surface area contributed by atoms with Crippen molar-refractivity contribution in [3.05, 3.63) is 18.2 Å².